The number of amides is 1. The first-order valence-corrected chi connectivity index (χ1v) is 6.69. The summed E-state index contributed by atoms with van der Waals surface area (Å²) in [5, 5.41) is 9.55. The van der Waals surface area contributed by atoms with Crippen LogP contribution in [0.3, 0.4) is 0 Å². The summed E-state index contributed by atoms with van der Waals surface area (Å²) in [5.41, 5.74) is 0. The van der Waals surface area contributed by atoms with Crippen LogP contribution >= 0.6 is 0 Å². The highest BCUT2D eigenvalue weighted by Gasteiger charge is 2.24. The molecule has 1 amide bonds. The number of ether oxygens (including phenoxy) is 1. The Kier molecular flexibility index (Phi) is 6.12. The maximum Gasteiger partial charge on any atom is 0.417 e. The molecule has 1 N–H and O–H groups in total. The van der Waals surface area contributed by atoms with Crippen molar-refractivity contribution in [3.05, 3.63) is 0 Å². The molecule has 1 rings (SSSR count). The fourth-order valence-electron chi connectivity index (χ4n) is 2.01. The van der Waals surface area contributed by atoms with Crippen molar-refractivity contribution in [1.82, 2.24) is 4.90 Å². The van der Waals surface area contributed by atoms with Gasteiger partial charge in [0.15, 0.2) is 6.10 Å². The van der Waals surface area contributed by atoms with Crippen LogP contribution < -0.4 is 0 Å². The van der Waals surface area contributed by atoms with E-state index in [-0.39, 0.29) is 5.92 Å². The molecule has 0 aromatic carbocycles. The lowest BCUT2D eigenvalue weighted by molar-refractivity contribution is -0.148. The van der Waals surface area contributed by atoms with Gasteiger partial charge >= 0.3 is 12.1 Å². The van der Waals surface area contributed by atoms with Crippen LogP contribution in [0, 0.1) is 5.92 Å². The first-order valence-electron chi connectivity index (χ1n) is 6.69. The van der Waals surface area contributed by atoms with Crippen molar-refractivity contribution < 1.29 is 19.4 Å². The number of aliphatic hydroxyl groups excluding tert-OH is 1. The summed E-state index contributed by atoms with van der Waals surface area (Å²) in [4.78, 5) is 24.8. The monoisotopic (exact) mass is 257 g/mol. The van der Waals surface area contributed by atoms with Gasteiger partial charge in [0.2, 0.25) is 0 Å². The van der Waals surface area contributed by atoms with Crippen molar-refractivity contribution in [3.8, 4) is 0 Å². The van der Waals surface area contributed by atoms with E-state index in [1.54, 1.807) is 4.90 Å². The molecule has 1 fully saturated rings. The zero-order valence-electron chi connectivity index (χ0n) is 11.2. The van der Waals surface area contributed by atoms with Crippen molar-refractivity contribution in [3.63, 3.8) is 0 Å². The molecule has 1 atom stereocenters. The first-order chi connectivity index (χ1) is 8.50. The summed E-state index contributed by atoms with van der Waals surface area (Å²) in [5.74, 6) is -0.654. The van der Waals surface area contributed by atoms with Crippen LogP contribution in [0.15, 0.2) is 0 Å². The number of carbonyl (C=O) groups excluding carboxylic acids is 2. The van der Waals surface area contributed by atoms with E-state index >= 15 is 0 Å². The third kappa shape index (κ3) is 5.04. The minimum absolute atomic E-state index is 0.181. The average molecular weight is 257 g/mol. The topological polar surface area (TPSA) is 66.8 Å². The van der Waals surface area contributed by atoms with E-state index < -0.39 is 18.2 Å². The van der Waals surface area contributed by atoms with Crippen molar-refractivity contribution in [2.24, 2.45) is 5.92 Å². The standard InChI is InChI=1S/C13H23NO4/c1-10(2)9-11(15)12(16)18-13(17)14-7-5-3-4-6-8-14/h10-11,15H,3-9H2,1-2H3/t11-/m0/s1. The van der Waals surface area contributed by atoms with E-state index in [4.69, 9.17) is 4.74 Å². The highest BCUT2D eigenvalue weighted by Crippen LogP contribution is 2.12. The third-order valence-corrected chi connectivity index (χ3v) is 3.02. The average Bonchev–Trinajstić information content (AvgIpc) is 2.56. The molecule has 0 radical (unpaired) electrons. The molecule has 0 spiro atoms. The normalized spacial score (nSPS) is 18.3. The largest absolute Gasteiger partial charge is 0.417 e. The lowest BCUT2D eigenvalue weighted by atomic mass is 10.1. The van der Waals surface area contributed by atoms with E-state index in [1.165, 1.54) is 0 Å². The van der Waals surface area contributed by atoms with Crippen LogP contribution in [0.2, 0.25) is 0 Å². The zero-order valence-corrected chi connectivity index (χ0v) is 11.2. The number of likely N-dealkylation sites (tertiary alicyclic amines) is 1. The minimum atomic E-state index is -1.21. The van der Waals surface area contributed by atoms with Crippen LogP contribution in [0.1, 0.15) is 46.0 Å². The predicted molar refractivity (Wildman–Crippen MR) is 67.0 cm³/mol. The van der Waals surface area contributed by atoms with Crippen LogP contribution in [0.5, 0.6) is 0 Å². The number of nitrogens with zero attached hydrogens (tertiary/aromatic N) is 1. The second-order valence-corrected chi connectivity index (χ2v) is 5.23. The summed E-state index contributed by atoms with van der Waals surface area (Å²) in [6, 6.07) is 0. The van der Waals surface area contributed by atoms with Crippen molar-refractivity contribution in [1.29, 1.82) is 0 Å². The molecule has 0 aliphatic carbocycles. The maximum absolute atomic E-state index is 11.7. The number of hydrogen-bond donors (Lipinski definition) is 1. The van der Waals surface area contributed by atoms with Crippen LogP contribution in [-0.4, -0.2) is 41.3 Å². The molecule has 0 saturated carbocycles. The van der Waals surface area contributed by atoms with Gasteiger partial charge in [0.1, 0.15) is 0 Å². The molecular formula is C13H23NO4. The zero-order chi connectivity index (χ0) is 13.5. The number of carbonyl (C=O) groups is 2. The Labute approximate surface area is 108 Å². The molecule has 5 nitrogen and oxygen atoms in total. The molecule has 0 unspecified atom stereocenters. The second kappa shape index (κ2) is 7.36. The molecule has 104 valence electrons. The molecule has 1 saturated heterocycles. The van der Waals surface area contributed by atoms with Crippen molar-refractivity contribution in [2.75, 3.05) is 13.1 Å². The lowest BCUT2D eigenvalue weighted by Crippen LogP contribution is -2.37. The minimum Gasteiger partial charge on any atom is -0.381 e. The molecule has 1 aliphatic heterocycles. The molecule has 1 aliphatic rings. The number of rotatable bonds is 3. The van der Waals surface area contributed by atoms with Gasteiger partial charge in [0.05, 0.1) is 0 Å². The van der Waals surface area contributed by atoms with E-state index in [1.807, 2.05) is 13.8 Å². The molecule has 0 bridgehead atoms. The number of hydrogen-bond acceptors (Lipinski definition) is 4. The maximum atomic E-state index is 11.7. The van der Waals surface area contributed by atoms with E-state index in [0.29, 0.717) is 19.5 Å². The summed E-state index contributed by atoms with van der Waals surface area (Å²) in [6.45, 7) is 5.05. The lowest BCUT2D eigenvalue weighted by Gasteiger charge is -2.20. The Morgan fingerprint density at radius 2 is 1.72 bits per heavy atom. The SMILES string of the molecule is CC(C)C[C@H](O)C(=O)OC(=O)N1CCCCCC1. The summed E-state index contributed by atoms with van der Waals surface area (Å²) in [7, 11) is 0. The van der Waals surface area contributed by atoms with Gasteiger partial charge in [-0.25, -0.2) is 9.59 Å². The van der Waals surface area contributed by atoms with Crippen LogP contribution in [-0.2, 0) is 9.53 Å². The van der Waals surface area contributed by atoms with Gasteiger partial charge in [-0.15, -0.1) is 0 Å². The smallest absolute Gasteiger partial charge is 0.381 e. The summed E-state index contributed by atoms with van der Waals surface area (Å²) >= 11 is 0. The number of esters is 1. The first kappa shape index (κ1) is 15.0. The summed E-state index contributed by atoms with van der Waals surface area (Å²) in [6.07, 6.45) is 2.58. The molecule has 18 heavy (non-hydrogen) atoms. The van der Waals surface area contributed by atoms with Gasteiger partial charge in [-0.2, -0.15) is 0 Å². The molecule has 1 heterocycles. The van der Waals surface area contributed by atoms with Gasteiger partial charge in [-0.3, -0.25) is 0 Å². The highest BCUT2D eigenvalue weighted by atomic mass is 16.6. The van der Waals surface area contributed by atoms with Gasteiger partial charge < -0.3 is 14.7 Å². The molecular weight excluding hydrogens is 234 g/mol. The highest BCUT2D eigenvalue weighted by molar-refractivity contribution is 5.87. The molecule has 5 heteroatoms. The third-order valence-electron chi connectivity index (χ3n) is 3.02. The van der Waals surface area contributed by atoms with Gasteiger partial charge in [-0.1, -0.05) is 26.7 Å². The summed E-state index contributed by atoms with van der Waals surface area (Å²) < 4.78 is 4.71. The van der Waals surface area contributed by atoms with Gasteiger partial charge in [-0.05, 0) is 25.2 Å². The second-order valence-electron chi connectivity index (χ2n) is 5.23. The number of aliphatic hydroxyl groups is 1. The Bertz CT molecular complexity index is 283. The van der Waals surface area contributed by atoms with Crippen LogP contribution in [0.4, 0.5) is 4.79 Å². The van der Waals surface area contributed by atoms with E-state index in [9.17, 15) is 14.7 Å². The Morgan fingerprint density at radius 1 is 1.17 bits per heavy atom. The van der Waals surface area contributed by atoms with E-state index in [2.05, 4.69) is 0 Å². The predicted octanol–water partition coefficient (Wildman–Crippen LogP) is 1.93. The van der Waals surface area contributed by atoms with Gasteiger partial charge in [0.25, 0.3) is 0 Å². The van der Waals surface area contributed by atoms with Gasteiger partial charge in [0, 0.05) is 13.1 Å². The quantitative estimate of drug-likeness (QED) is 0.619. The molecule has 0 aromatic heterocycles. The fraction of sp³-hybridized carbons (Fsp3) is 0.846. The molecule has 0 aromatic rings. The fourth-order valence-corrected chi connectivity index (χ4v) is 2.01. The Hall–Kier alpha value is -1.10. The Morgan fingerprint density at radius 3 is 2.22 bits per heavy atom. The Balaban J connectivity index is 2.40. The van der Waals surface area contributed by atoms with E-state index in [0.717, 1.165) is 25.7 Å². The van der Waals surface area contributed by atoms with Crippen LogP contribution in [0.25, 0.3) is 0 Å². The van der Waals surface area contributed by atoms with Crippen molar-refractivity contribution >= 4 is 12.1 Å². The van der Waals surface area contributed by atoms with Crippen molar-refractivity contribution in [2.45, 2.75) is 52.1 Å².